The van der Waals surface area contributed by atoms with Crippen molar-refractivity contribution >= 4 is 23.3 Å². The molecule has 1 amide bonds. The lowest BCUT2D eigenvalue weighted by molar-refractivity contribution is 0.102. The highest BCUT2D eigenvalue weighted by molar-refractivity contribution is 6.29. The maximum Gasteiger partial charge on any atom is 0.259 e. The van der Waals surface area contributed by atoms with Crippen LogP contribution in [-0.2, 0) is 0 Å². The molecule has 0 unspecified atom stereocenters. The highest BCUT2D eigenvalue weighted by Gasteiger charge is 2.19. The predicted octanol–water partition coefficient (Wildman–Crippen LogP) is 4.47. The molecular weight excluding hydrogens is 355 g/mol. The number of carbonyl (C=O) groups excluding carboxylic acids is 1. The SMILES string of the molecule is O=C(Nc1cccc(Cl)n1)c1cc(-c2cncc(F)c2)cc(F)c1F. The molecule has 0 aliphatic heterocycles. The maximum atomic E-state index is 14.0. The molecule has 3 rings (SSSR count). The second-order valence-corrected chi connectivity index (χ2v) is 5.40. The minimum Gasteiger partial charge on any atom is -0.306 e. The largest absolute Gasteiger partial charge is 0.306 e. The molecule has 8 heteroatoms. The van der Waals surface area contributed by atoms with E-state index in [0.29, 0.717) is 0 Å². The van der Waals surface area contributed by atoms with Crippen LogP contribution in [0, 0.1) is 17.5 Å². The minimum absolute atomic E-state index is 0.0788. The molecule has 3 aromatic rings. The third-order valence-electron chi connectivity index (χ3n) is 3.27. The lowest BCUT2D eigenvalue weighted by Gasteiger charge is -2.09. The number of hydrogen-bond acceptors (Lipinski definition) is 3. The number of hydrogen-bond donors (Lipinski definition) is 1. The number of rotatable bonds is 3. The summed E-state index contributed by atoms with van der Waals surface area (Å²) in [5, 5.41) is 2.46. The van der Waals surface area contributed by atoms with E-state index in [1.54, 1.807) is 0 Å². The molecule has 4 nitrogen and oxygen atoms in total. The molecule has 0 fully saturated rings. The summed E-state index contributed by atoms with van der Waals surface area (Å²) in [6, 6.07) is 7.54. The molecule has 0 atom stereocenters. The summed E-state index contributed by atoms with van der Waals surface area (Å²) in [7, 11) is 0. The van der Waals surface area contributed by atoms with Crippen molar-refractivity contribution in [2.45, 2.75) is 0 Å². The van der Waals surface area contributed by atoms with Gasteiger partial charge in [0.15, 0.2) is 11.6 Å². The fourth-order valence-corrected chi connectivity index (χ4v) is 2.32. The summed E-state index contributed by atoms with van der Waals surface area (Å²) in [5.41, 5.74) is -0.245. The van der Waals surface area contributed by atoms with Crippen molar-refractivity contribution in [2.24, 2.45) is 0 Å². The fourth-order valence-electron chi connectivity index (χ4n) is 2.15. The van der Waals surface area contributed by atoms with Crippen LogP contribution in [0.4, 0.5) is 19.0 Å². The summed E-state index contributed by atoms with van der Waals surface area (Å²) in [4.78, 5) is 19.7. The number of anilines is 1. The molecule has 1 aromatic carbocycles. The quantitative estimate of drug-likeness (QED) is 0.699. The molecule has 0 aliphatic carbocycles. The van der Waals surface area contributed by atoms with E-state index in [1.807, 2.05) is 0 Å². The number of amides is 1. The van der Waals surface area contributed by atoms with Crippen molar-refractivity contribution in [1.29, 1.82) is 0 Å². The Hall–Kier alpha value is -2.93. The number of nitrogens with one attached hydrogen (secondary N) is 1. The molecule has 0 saturated carbocycles. The van der Waals surface area contributed by atoms with E-state index in [9.17, 15) is 18.0 Å². The summed E-state index contributed by atoms with van der Waals surface area (Å²) in [6.45, 7) is 0. The van der Waals surface area contributed by atoms with Gasteiger partial charge in [0.2, 0.25) is 0 Å². The van der Waals surface area contributed by atoms with Gasteiger partial charge in [-0.2, -0.15) is 0 Å². The number of carbonyl (C=O) groups is 1. The monoisotopic (exact) mass is 363 g/mol. The Balaban J connectivity index is 1.99. The maximum absolute atomic E-state index is 14.0. The van der Waals surface area contributed by atoms with Crippen molar-refractivity contribution in [3.63, 3.8) is 0 Å². The van der Waals surface area contributed by atoms with Crippen molar-refractivity contribution < 1.29 is 18.0 Å². The summed E-state index contributed by atoms with van der Waals surface area (Å²) in [6.07, 6.45) is 2.25. The van der Waals surface area contributed by atoms with Gasteiger partial charge in [0, 0.05) is 11.8 Å². The Morgan fingerprint density at radius 1 is 1.04 bits per heavy atom. The first kappa shape index (κ1) is 16.9. The molecule has 2 heterocycles. The van der Waals surface area contributed by atoms with Gasteiger partial charge < -0.3 is 5.32 Å². The first-order valence-electron chi connectivity index (χ1n) is 6.98. The highest BCUT2D eigenvalue weighted by atomic mass is 35.5. The molecule has 0 bridgehead atoms. The van der Waals surface area contributed by atoms with Gasteiger partial charge in [0.05, 0.1) is 11.8 Å². The van der Waals surface area contributed by atoms with Crippen molar-refractivity contribution in [3.05, 3.63) is 77.0 Å². The van der Waals surface area contributed by atoms with Gasteiger partial charge in [0.25, 0.3) is 5.91 Å². The van der Waals surface area contributed by atoms with Crippen LogP contribution < -0.4 is 5.32 Å². The third kappa shape index (κ3) is 3.77. The fraction of sp³-hybridized carbons (Fsp3) is 0. The van der Waals surface area contributed by atoms with E-state index in [0.717, 1.165) is 24.4 Å². The zero-order chi connectivity index (χ0) is 18.0. The predicted molar refractivity (Wildman–Crippen MR) is 86.7 cm³/mol. The Morgan fingerprint density at radius 3 is 2.56 bits per heavy atom. The van der Waals surface area contributed by atoms with Crippen molar-refractivity contribution in [3.8, 4) is 11.1 Å². The van der Waals surface area contributed by atoms with Crippen molar-refractivity contribution in [1.82, 2.24) is 9.97 Å². The smallest absolute Gasteiger partial charge is 0.259 e. The standard InChI is InChI=1S/C17H9ClF3N3O/c18-14-2-1-3-15(23-14)24-17(25)12-5-9(6-13(20)16(12)21)10-4-11(19)8-22-7-10/h1-8H,(H,23,24,25). The number of pyridine rings is 2. The second kappa shape index (κ2) is 6.90. The normalized spacial score (nSPS) is 10.6. The number of halogens is 4. The van der Waals surface area contributed by atoms with Gasteiger partial charge in [-0.05, 0) is 35.9 Å². The zero-order valence-electron chi connectivity index (χ0n) is 12.4. The first-order chi connectivity index (χ1) is 11.9. The first-order valence-corrected chi connectivity index (χ1v) is 7.36. The molecule has 1 N–H and O–H groups in total. The van der Waals surface area contributed by atoms with Crippen molar-refractivity contribution in [2.75, 3.05) is 5.32 Å². The van der Waals surface area contributed by atoms with Gasteiger partial charge in [-0.15, -0.1) is 0 Å². The summed E-state index contributed by atoms with van der Waals surface area (Å²) < 4.78 is 41.2. The molecule has 25 heavy (non-hydrogen) atoms. The topological polar surface area (TPSA) is 54.9 Å². The van der Waals surface area contributed by atoms with Gasteiger partial charge in [-0.3, -0.25) is 9.78 Å². The van der Waals surface area contributed by atoms with Crippen LogP contribution in [0.5, 0.6) is 0 Å². The summed E-state index contributed by atoms with van der Waals surface area (Å²) in [5.74, 6) is -4.05. The average molecular weight is 364 g/mol. The molecule has 0 radical (unpaired) electrons. The van der Waals surface area contributed by atoms with E-state index in [4.69, 9.17) is 11.6 Å². The Kier molecular flexibility index (Phi) is 4.67. The third-order valence-corrected chi connectivity index (χ3v) is 3.48. The van der Waals surface area contributed by atoms with E-state index in [2.05, 4.69) is 15.3 Å². The second-order valence-electron chi connectivity index (χ2n) is 5.01. The van der Waals surface area contributed by atoms with Crippen LogP contribution in [0.2, 0.25) is 5.15 Å². The van der Waals surface area contributed by atoms with Crippen LogP contribution in [0.3, 0.4) is 0 Å². The summed E-state index contributed by atoms with van der Waals surface area (Å²) >= 11 is 5.71. The van der Waals surface area contributed by atoms with Gasteiger partial charge in [-0.1, -0.05) is 17.7 Å². The Morgan fingerprint density at radius 2 is 1.84 bits per heavy atom. The van der Waals surface area contributed by atoms with Gasteiger partial charge in [-0.25, -0.2) is 18.2 Å². The van der Waals surface area contributed by atoms with Crippen LogP contribution in [0.25, 0.3) is 11.1 Å². The van der Waals surface area contributed by atoms with Crippen LogP contribution in [0.15, 0.2) is 48.8 Å². The van der Waals surface area contributed by atoms with E-state index >= 15 is 0 Å². The number of benzene rings is 1. The highest BCUT2D eigenvalue weighted by Crippen LogP contribution is 2.25. The van der Waals surface area contributed by atoms with Gasteiger partial charge >= 0.3 is 0 Å². The van der Waals surface area contributed by atoms with Crippen LogP contribution >= 0.6 is 11.6 Å². The van der Waals surface area contributed by atoms with E-state index in [-0.39, 0.29) is 22.1 Å². The van der Waals surface area contributed by atoms with E-state index in [1.165, 1.54) is 24.4 Å². The van der Waals surface area contributed by atoms with Crippen LogP contribution in [-0.4, -0.2) is 15.9 Å². The minimum atomic E-state index is -1.33. The average Bonchev–Trinajstić information content (AvgIpc) is 2.57. The number of aromatic nitrogens is 2. The van der Waals surface area contributed by atoms with Crippen LogP contribution in [0.1, 0.15) is 10.4 Å². The zero-order valence-corrected chi connectivity index (χ0v) is 13.2. The molecular formula is C17H9ClF3N3O. The van der Waals surface area contributed by atoms with Gasteiger partial charge in [0.1, 0.15) is 16.8 Å². The lowest BCUT2D eigenvalue weighted by Crippen LogP contribution is -2.15. The Labute approximate surface area is 145 Å². The molecule has 0 aliphatic rings. The molecule has 0 saturated heterocycles. The van der Waals surface area contributed by atoms with E-state index < -0.39 is 28.9 Å². The number of nitrogens with zero attached hydrogens (tertiary/aromatic N) is 2. The molecule has 126 valence electrons. The molecule has 0 spiro atoms. The molecule has 2 aromatic heterocycles. The lowest BCUT2D eigenvalue weighted by atomic mass is 10.0. The Bertz CT molecular complexity index is 966.